The van der Waals surface area contributed by atoms with Gasteiger partial charge in [-0.05, 0) is 175 Å². The van der Waals surface area contributed by atoms with E-state index in [0.29, 0.717) is 5.89 Å². The first-order chi connectivity index (χ1) is 32.5. The van der Waals surface area contributed by atoms with Crippen LogP contribution in [0.3, 0.4) is 0 Å². The van der Waals surface area contributed by atoms with Gasteiger partial charge in [0.05, 0.1) is 0 Å². The topological polar surface area (TPSA) is 26.0 Å². The molecule has 1 heterocycles. The van der Waals surface area contributed by atoms with E-state index in [0.717, 1.165) is 27.8 Å². The van der Waals surface area contributed by atoms with Gasteiger partial charge in [0.15, 0.2) is 5.58 Å². The minimum absolute atomic E-state index is 0.189. The Balaban J connectivity index is 1.14. The van der Waals surface area contributed by atoms with Gasteiger partial charge in [-0.25, -0.2) is 4.98 Å². The lowest BCUT2D eigenvalue weighted by Crippen LogP contribution is -2.14. The molecule has 0 spiro atoms. The molecule has 2 heteroatoms. The molecule has 0 N–H and O–H groups in total. The lowest BCUT2D eigenvalue weighted by molar-refractivity contribution is 0.620. The van der Waals surface area contributed by atoms with Crippen molar-refractivity contribution < 1.29 is 4.42 Å². The fourth-order valence-corrected chi connectivity index (χ4v) is 11.5. The maximum Gasteiger partial charge on any atom is 0.227 e. The van der Waals surface area contributed by atoms with Crippen molar-refractivity contribution in [2.75, 3.05) is 0 Å². The molecule has 1 aliphatic carbocycles. The van der Waals surface area contributed by atoms with Crippen LogP contribution in [0.4, 0.5) is 0 Å². The first kappa shape index (κ1) is 37.1. The lowest BCUT2D eigenvalue weighted by Gasteiger charge is -2.25. The molecule has 0 aliphatic heterocycles. The molecular weight excluding hydrogens is 799 g/mol. The molecule has 0 radical (unpaired) electrons. The molecule has 66 heavy (non-hydrogen) atoms. The summed E-state index contributed by atoms with van der Waals surface area (Å²) in [7, 11) is 0. The number of aromatic nitrogens is 1. The van der Waals surface area contributed by atoms with Crippen LogP contribution in [0.1, 0.15) is 25.0 Å². The Morgan fingerprint density at radius 1 is 0.333 bits per heavy atom. The summed E-state index contributed by atoms with van der Waals surface area (Å²) in [6, 6.07) is 78.6. The van der Waals surface area contributed by atoms with E-state index in [4.69, 9.17) is 9.40 Å². The van der Waals surface area contributed by atoms with Crippen molar-refractivity contribution in [2.45, 2.75) is 19.3 Å². The summed E-state index contributed by atoms with van der Waals surface area (Å²) in [5.74, 6) is 0.628. The van der Waals surface area contributed by atoms with Gasteiger partial charge in [0.25, 0.3) is 0 Å². The zero-order chi connectivity index (χ0) is 43.7. The summed E-state index contributed by atoms with van der Waals surface area (Å²) in [5.41, 5.74) is 15.1. The van der Waals surface area contributed by atoms with Crippen molar-refractivity contribution in [1.82, 2.24) is 4.98 Å². The quantitative estimate of drug-likeness (QED) is 0.130. The van der Waals surface area contributed by atoms with E-state index in [2.05, 4.69) is 202 Å². The van der Waals surface area contributed by atoms with Crippen LogP contribution < -0.4 is 0 Å². The molecule has 12 aromatic carbocycles. The van der Waals surface area contributed by atoms with Gasteiger partial charge in [-0.1, -0.05) is 172 Å². The second-order valence-corrected chi connectivity index (χ2v) is 18.6. The van der Waals surface area contributed by atoms with Crippen molar-refractivity contribution in [3.8, 4) is 56.0 Å². The van der Waals surface area contributed by atoms with Gasteiger partial charge in [-0.15, -0.1) is 0 Å². The Labute approximate surface area is 382 Å². The van der Waals surface area contributed by atoms with Crippen LogP contribution in [0, 0.1) is 0 Å². The van der Waals surface area contributed by atoms with E-state index in [9.17, 15) is 0 Å². The molecule has 1 aliphatic rings. The van der Waals surface area contributed by atoms with Crippen LogP contribution >= 0.6 is 0 Å². The van der Waals surface area contributed by atoms with Gasteiger partial charge in [0.1, 0.15) is 5.52 Å². The summed E-state index contributed by atoms with van der Waals surface area (Å²) >= 11 is 0. The standard InChI is InChI=1S/C64H41NO/c1-64(2)57-24-12-11-23-49(57)51-36-55-56(37-58(51)64)62(53-35-42-16-4-6-18-44(42)46-20-8-10-22-48(46)53)54-33-40(38-27-29-39(30-28-38)63-65-59-25-13-14-26-60(59)66-63)31-32-50(54)61(55)52-34-41-15-3-5-17-43(41)45-19-7-9-21-47(45)52/h3-37H,1-2H3. The third-order valence-corrected chi connectivity index (χ3v) is 14.7. The Bertz CT molecular complexity index is 4160. The molecule has 0 bridgehead atoms. The third-order valence-electron chi connectivity index (χ3n) is 14.7. The predicted octanol–water partition coefficient (Wildman–Crippen LogP) is 17.7. The van der Waals surface area contributed by atoms with Crippen molar-refractivity contribution in [1.29, 1.82) is 0 Å². The molecule has 13 aromatic rings. The molecule has 0 atom stereocenters. The van der Waals surface area contributed by atoms with Crippen molar-refractivity contribution in [2.24, 2.45) is 0 Å². The van der Waals surface area contributed by atoms with Crippen LogP contribution in [0.5, 0.6) is 0 Å². The summed E-state index contributed by atoms with van der Waals surface area (Å²) in [5, 5.41) is 15.0. The number of hydrogen-bond acceptors (Lipinski definition) is 2. The van der Waals surface area contributed by atoms with E-state index in [1.165, 1.54) is 109 Å². The number of benzene rings is 12. The van der Waals surface area contributed by atoms with Gasteiger partial charge in [-0.3, -0.25) is 0 Å². The van der Waals surface area contributed by atoms with Crippen LogP contribution in [-0.2, 0) is 5.41 Å². The fourth-order valence-electron chi connectivity index (χ4n) is 11.5. The smallest absolute Gasteiger partial charge is 0.227 e. The van der Waals surface area contributed by atoms with Gasteiger partial charge in [0.2, 0.25) is 5.89 Å². The highest BCUT2D eigenvalue weighted by atomic mass is 16.3. The largest absolute Gasteiger partial charge is 0.436 e. The van der Waals surface area contributed by atoms with Crippen molar-refractivity contribution in [3.05, 3.63) is 223 Å². The average molecular weight is 840 g/mol. The van der Waals surface area contributed by atoms with Crippen molar-refractivity contribution >= 4 is 75.7 Å². The molecule has 2 nitrogen and oxygen atoms in total. The van der Waals surface area contributed by atoms with Crippen LogP contribution in [0.15, 0.2) is 217 Å². The minimum Gasteiger partial charge on any atom is -0.436 e. The Hall–Kier alpha value is -8.33. The molecule has 1 aromatic heterocycles. The summed E-state index contributed by atoms with van der Waals surface area (Å²) in [6.45, 7) is 4.80. The Morgan fingerprint density at radius 2 is 0.848 bits per heavy atom. The molecule has 0 unspecified atom stereocenters. The summed E-state index contributed by atoms with van der Waals surface area (Å²) in [4.78, 5) is 4.81. The molecule has 0 fully saturated rings. The van der Waals surface area contributed by atoms with Gasteiger partial charge >= 0.3 is 0 Å². The minimum atomic E-state index is -0.189. The zero-order valence-electron chi connectivity index (χ0n) is 36.6. The lowest BCUT2D eigenvalue weighted by atomic mass is 9.78. The van der Waals surface area contributed by atoms with Gasteiger partial charge in [-0.2, -0.15) is 0 Å². The molecule has 0 saturated carbocycles. The van der Waals surface area contributed by atoms with Crippen LogP contribution in [-0.4, -0.2) is 4.98 Å². The highest BCUT2D eigenvalue weighted by Gasteiger charge is 2.36. The number of para-hydroxylation sites is 2. The Morgan fingerprint density at radius 3 is 1.53 bits per heavy atom. The van der Waals surface area contributed by atoms with Crippen molar-refractivity contribution in [3.63, 3.8) is 0 Å². The van der Waals surface area contributed by atoms with Crippen LogP contribution in [0.2, 0.25) is 0 Å². The van der Waals surface area contributed by atoms with E-state index in [1.807, 2.05) is 24.3 Å². The first-order valence-corrected chi connectivity index (χ1v) is 22.9. The highest BCUT2D eigenvalue weighted by molar-refractivity contribution is 6.29. The number of nitrogens with zero attached hydrogens (tertiary/aromatic N) is 1. The second kappa shape index (κ2) is 13.8. The van der Waals surface area contributed by atoms with E-state index < -0.39 is 0 Å². The van der Waals surface area contributed by atoms with E-state index in [1.54, 1.807) is 0 Å². The van der Waals surface area contributed by atoms with Gasteiger partial charge in [0, 0.05) is 11.0 Å². The maximum absolute atomic E-state index is 6.20. The second-order valence-electron chi connectivity index (χ2n) is 18.6. The molecular formula is C64H41NO. The van der Waals surface area contributed by atoms with E-state index in [-0.39, 0.29) is 5.41 Å². The zero-order valence-corrected chi connectivity index (χ0v) is 36.6. The SMILES string of the molecule is CC1(C)c2ccccc2-c2cc3c(-c4cc5ccccc5c5ccccc45)c4ccc(-c5ccc(-c6nc7ccccc7o6)cc5)cc4c(-c4cc5ccccc5c5ccccc45)c3cc21. The molecule has 0 saturated heterocycles. The average Bonchev–Trinajstić information content (AvgIpc) is 3.90. The monoisotopic (exact) mass is 839 g/mol. The predicted molar refractivity (Wildman–Crippen MR) is 278 cm³/mol. The first-order valence-electron chi connectivity index (χ1n) is 22.9. The third kappa shape index (κ3) is 5.33. The normalized spacial score (nSPS) is 13.1. The van der Waals surface area contributed by atoms with E-state index >= 15 is 0 Å². The number of hydrogen-bond donors (Lipinski definition) is 0. The number of rotatable bonds is 4. The number of oxazole rings is 1. The molecule has 0 amide bonds. The molecule has 308 valence electrons. The number of fused-ring (bicyclic) bond motifs is 12. The summed E-state index contributed by atoms with van der Waals surface area (Å²) in [6.07, 6.45) is 0. The maximum atomic E-state index is 6.20. The molecule has 14 rings (SSSR count). The summed E-state index contributed by atoms with van der Waals surface area (Å²) < 4.78 is 6.20. The fraction of sp³-hybridized carbons (Fsp3) is 0.0469. The van der Waals surface area contributed by atoms with Crippen LogP contribution in [0.25, 0.3) is 132 Å². The highest BCUT2D eigenvalue weighted by Crippen LogP contribution is 2.55. The Kier molecular flexibility index (Phi) is 7.77. The van der Waals surface area contributed by atoms with Gasteiger partial charge < -0.3 is 4.42 Å².